The molecule has 5 nitrogen and oxygen atoms in total. The fraction of sp³-hybridized carbons (Fsp3) is 0.471. The Kier molecular flexibility index (Phi) is 5.99. The molecular weight excluding hydrogens is 299 g/mol. The lowest BCUT2D eigenvalue weighted by molar-refractivity contribution is -0.159. The molecule has 0 spiro atoms. The zero-order valence-electron chi connectivity index (χ0n) is 13.8. The van der Waals surface area contributed by atoms with Crippen LogP contribution >= 0.6 is 0 Å². The highest BCUT2D eigenvalue weighted by Gasteiger charge is 2.55. The maximum atomic E-state index is 13.3. The Balaban J connectivity index is 3.24. The molecule has 0 aliphatic heterocycles. The minimum Gasteiger partial charge on any atom is -0.467 e. The summed E-state index contributed by atoms with van der Waals surface area (Å²) in [6.07, 6.45) is -0.428. The van der Waals surface area contributed by atoms with E-state index in [9.17, 15) is 14.0 Å². The van der Waals surface area contributed by atoms with E-state index in [1.54, 1.807) is 39.0 Å². The first kappa shape index (κ1) is 18.8. The van der Waals surface area contributed by atoms with Crippen LogP contribution in [0.5, 0.6) is 0 Å². The van der Waals surface area contributed by atoms with Crippen LogP contribution in [0.2, 0.25) is 0 Å². The molecule has 0 radical (unpaired) electrons. The van der Waals surface area contributed by atoms with Gasteiger partial charge in [-0.25, -0.2) is 9.18 Å². The van der Waals surface area contributed by atoms with Gasteiger partial charge in [0.05, 0.1) is 19.6 Å². The molecule has 6 heteroatoms. The fourth-order valence-electron chi connectivity index (χ4n) is 2.51. The first-order valence-corrected chi connectivity index (χ1v) is 7.17. The summed E-state index contributed by atoms with van der Waals surface area (Å²) in [4.78, 5) is 24.9. The van der Waals surface area contributed by atoms with E-state index >= 15 is 0 Å². The summed E-state index contributed by atoms with van der Waals surface area (Å²) in [7, 11) is 1.19. The molecule has 0 aliphatic rings. The third kappa shape index (κ3) is 3.93. The van der Waals surface area contributed by atoms with Crippen molar-refractivity contribution in [3.05, 3.63) is 35.6 Å². The van der Waals surface area contributed by atoms with Crippen molar-refractivity contribution in [3.63, 3.8) is 0 Å². The lowest BCUT2D eigenvalue weighted by atomic mass is 9.70. The average Bonchev–Trinajstić information content (AvgIpc) is 2.46. The molecule has 0 aliphatic carbocycles. The number of halogens is 1. The van der Waals surface area contributed by atoms with E-state index in [0.717, 1.165) is 0 Å². The number of ketones is 1. The van der Waals surface area contributed by atoms with Crippen LogP contribution in [0.4, 0.5) is 4.39 Å². The molecule has 0 fully saturated rings. The zero-order chi connectivity index (χ0) is 17.7. The van der Waals surface area contributed by atoms with Crippen LogP contribution < -0.4 is 5.32 Å². The SMILES string of the molecule is COC(=O)[C@@](NCc1cccc(F)c1)(C(=O)CC#N)C(C)(C)C. The number of carbonyl (C=O) groups is 2. The first-order valence-electron chi connectivity index (χ1n) is 7.17. The average molecular weight is 320 g/mol. The normalized spacial score (nSPS) is 13.7. The molecule has 23 heavy (non-hydrogen) atoms. The van der Waals surface area contributed by atoms with Gasteiger partial charge in [0.15, 0.2) is 11.3 Å². The van der Waals surface area contributed by atoms with Gasteiger partial charge in [-0.05, 0) is 23.1 Å². The lowest BCUT2D eigenvalue weighted by Crippen LogP contribution is -2.66. The number of Topliss-reactive ketones (excluding diaryl/α,β-unsaturated/α-hetero) is 1. The lowest BCUT2D eigenvalue weighted by Gasteiger charge is -2.41. The summed E-state index contributed by atoms with van der Waals surface area (Å²) < 4.78 is 18.1. The molecule has 1 N–H and O–H groups in total. The van der Waals surface area contributed by atoms with Crippen molar-refractivity contribution in [2.24, 2.45) is 5.41 Å². The number of rotatable bonds is 6. The molecule has 0 saturated carbocycles. The smallest absolute Gasteiger partial charge is 0.334 e. The van der Waals surface area contributed by atoms with E-state index in [1.807, 2.05) is 0 Å². The van der Waals surface area contributed by atoms with Gasteiger partial charge in [0.1, 0.15) is 5.82 Å². The zero-order valence-corrected chi connectivity index (χ0v) is 13.8. The Labute approximate surface area is 135 Å². The molecule has 0 unspecified atom stereocenters. The number of nitrogens with one attached hydrogen (secondary N) is 1. The first-order chi connectivity index (χ1) is 10.7. The summed E-state index contributed by atoms with van der Waals surface area (Å²) in [5, 5.41) is 11.8. The second-order valence-corrected chi connectivity index (χ2v) is 6.23. The van der Waals surface area contributed by atoms with Crippen LogP contribution in [-0.2, 0) is 20.9 Å². The van der Waals surface area contributed by atoms with Gasteiger partial charge in [0.2, 0.25) is 0 Å². The number of carbonyl (C=O) groups excluding carboxylic acids is 2. The van der Waals surface area contributed by atoms with Crippen molar-refractivity contribution in [1.82, 2.24) is 5.32 Å². The second kappa shape index (κ2) is 7.34. The Morgan fingerprint density at radius 3 is 2.48 bits per heavy atom. The molecule has 124 valence electrons. The molecule has 1 atom stereocenters. The summed E-state index contributed by atoms with van der Waals surface area (Å²) in [5.41, 5.74) is -1.96. The van der Waals surface area contributed by atoms with Crippen molar-refractivity contribution in [2.75, 3.05) is 7.11 Å². The number of nitriles is 1. The van der Waals surface area contributed by atoms with Gasteiger partial charge in [-0.15, -0.1) is 0 Å². The van der Waals surface area contributed by atoms with Crippen molar-refractivity contribution in [1.29, 1.82) is 5.26 Å². The van der Waals surface area contributed by atoms with Crippen molar-refractivity contribution in [2.45, 2.75) is 39.3 Å². The van der Waals surface area contributed by atoms with Gasteiger partial charge in [0, 0.05) is 6.54 Å². The van der Waals surface area contributed by atoms with Crippen LogP contribution in [0.25, 0.3) is 0 Å². The molecule has 0 aromatic heterocycles. The van der Waals surface area contributed by atoms with E-state index in [1.165, 1.54) is 19.2 Å². The third-order valence-electron chi connectivity index (χ3n) is 3.72. The van der Waals surface area contributed by atoms with Gasteiger partial charge >= 0.3 is 5.97 Å². The van der Waals surface area contributed by atoms with Crippen molar-refractivity contribution >= 4 is 11.8 Å². The maximum Gasteiger partial charge on any atom is 0.334 e. The third-order valence-corrected chi connectivity index (χ3v) is 3.72. The standard InChI is InChI=1S/C17H21FN2O3/c1-16(2,3)17(15(22)23-4,14(21)8-9-19)20-11-12-6-5-7-13(18)10-12/h5-7,10,20H,8,11H2,1-4H3/t17-/m0/s1. The fourth-order valence-corrected chi connectivity index (χ4v) is 2.51. The highest BCUT2D eigenvalue weighted by Crippen LogP contribution is 2.34. The summed E-state index contributed by atoms with van der Waals surface area (Å²) in [6.45, 7) is 5.20. The Morgan fingerprint density at radius 1 is 1.35 bits per heavy atom. The van der Waals surface area contributed by atoms with Crippen LogP contribution in [0, 0.1) is 22.6 Å². The number of esters is 1. The number of ether oxygens (including phenoxy) is 1. The molecule has 0 bridgehead atoms. The Hall–Kier alpha value is -2.26. The van der Waals surface area contributed by atoms with Gasteiger partial charge in [-0.2, -0.15) is 5.26 Å². The second-order valence-electron chi connectivity index (χ2n) is 6.23. The van der Waals surface area contributed by atoms with E-state index < -0.39 is 34.9 Å². The van der Waals surface area contributed by atoms with Gasteiger partial charge in [-0.1, -0.05) is 32.9 Å². The summed E-state index contributed by atoms with van der Waals surface area (Å²) >= 11 is 0. The van der Waals surface area contributed by atoms with Gasteiger partial charge in [-0.3, -0.25) is 10.1 Å². The van der Waals surface area contributed by atoms with Gasteiger partial charge < -0.3 is 4.74 Å². The molecule has 0 heterocycles. The highest BCUT2D eigenvalue weighted by molar-refractivity contribution is 6.10. The molecule has 1 aromatic carbocycles. The van der Waals surface area contributed by atoms with E-state index in [4.69, 9.17) is 10.00 Å². The van der Waals surface area contributed by atoms with Crippen LogP contribution in [0.1, 0.15) is 32.8 Å². The molecule has 1 rings (SSSR count). The number of hydrogen-bond acceptors (Lipinski definition) is 5. The van der Waals surface area contributed by atoms with E-state index in [2.05, 4.69) is 5.32 Å². The van der Waals surface area contributed by atoms with Crippen LogP contribution in [0.3, 0.4) is 0 Å². The molecular formula is C17H21FN2O3. The van der Waals surface area contributed by atoms with Crippen LogP contribution in [-0.4, -0.2) is 24.4 Å². The van der Waals surface area contributed by atoms with Gasteiger partial charge in [0.25, 0.3) is 0 Å². The summed E-state index contributed by atoms with van der Waals surface area (Å²) in [5.74, 6) is -1.75. The monoisotopic (exact) mass is 320 g/mol. The topological polar surface area (TPSA) is 79.2 Å². The van der Waals surface area contributed by atoms with E-state index in [0.29, 0.717) is 5.56 Å². The van der Waals surface area contributed by atoms with E-state index in [-0.39, 0.29) is 6.54 Å². The number of hydrogen-bond donors (Lipinski definition) is 1. The molecule has 0 amide bonds. The maximum absolute atomic E-state index is 13.3. The minimum atomic E-state index is -1.69. The number of benzene rings is 1. The summed E-state index contributed by atoms with van der Waals surface area (Å²) in [6, 6.07) is 7.61. The Bertz CT molecular complexity index is 631. The quantitative estimate of drug-likeness (QED) is 0.643. The number of nitrogens with zero attached hydrogens (tertiary/aromatic N) is 1. The molecule has 0 saturated heterocycles. The largest absolute Gasteiger partial charge is 0.467 e. The van der Waals surface area contributed by atoms with Crippen LogP contribution in [0.15, 0.2) is 24.3 Å². The minimum absolute atomic E-state index is 0.0846. The van der Waals surface area contributed by atoms with Crippen molar-refractivity contribution < 1.29 is 18.7 Å². The highest BCUT2D eigenvalue weighted by atomic mass is 19.1. The molecule has 1 aromatic rings. The van der Waals surface area contributed by atoms with Crippen molar-refractivity contribution in [3.8, 4) is 6.07 Å². The number of methoxy groups -OCH3 is 1. The Morgan fingerprint density at radius 2 is 2.00 bits per heavy atom. The predicted molar refractivity (Wildman–Crippen MR) is 82.7 cm³/mol. The predicted octanol–water partition coefficient (Wildman–Crippen LogP) is 2.36.